The number of amides is 1. The van der Waals surface area contributed by atoms with E-state index in [4.69, 9.17) is 10.5 Å². The van der Waals surface area contributed by atoms with Gasteiger partial charge in [-0.2, -0.15) is 0 Å². The molecular formula is C13H17BrN2O2. The summed E-state index contributed by atoms with van der Waals surface area (Å²) in [6, 6.07) is 5.46. The number of rotatable bonds is 3. The van der Waals surface area contributed by atoms with E-state index < -0.39 is 0 Å². The topological polar surface area (TPSA) is 64.3 Å². The standard InChI is InChI=1S/C13H17BrN2O2/c1-18-12-6-5-8(7-10(12)14)16-13(17)9-3-2-4-11(9)15/h5-7,9,11H,2-4,15H2,1H3,(H,16,17). The Hall–Kier alpha value is -1.07. The van der Waals surface area contributed by atoms with E-state index in [-0.39, 0.29) is 17.9 Å². The zero-order valence-electron chi connectivity index (χ0n) is 10.3. The lowest BCUT2D eigenvalue weighted by molar-refractivity contribution is -0.120. The summed E-state index contributed by atoms with van der Waals surface area (Å²) in [7, 11) is 1.61. The molecule has 1 aromatic carbocycles. The average molecular weight is 313 g/mol. The Morgan fingerprint density at radius 3 is 2.83 bits per heavy atom. The predicted octanol–water partition coefficient (Wildman–Crippen LogP) is 2.52. The summed E-state index contributed by atoms with van der Waals surface area (Å²) in [4.78, 5) is 12.1. The highest BCUT2D eigenvalue weighted by molar-refractivity contribution is 9.10. The quantitative estimate of drug-likeness (QED) is 0.901. The van der Waals surface area contributed by atoms with Gasteiger partial charge in [0.15, 0.2) is 0 Å². The molecule has 1 saturated carbocycles. The lowest BCUT2D eigenvalue weighted by Gasteiger charge is -2.15. The third-order valence-electron chi connectivity index (χ3n) is 3.33. The van der Waals surface area contributed by atoms with E-state index in [1.54, 1.807) is 7.11 Å². The SMILES string of the molecule is COc1ccc(NC(=O)C2CCCC2N)cc1Br. The highest BCUT2D eigenvalue weighted by atomic mass is 79.9. The number of ether oxygens (including phenoxy) is 1. The van der Waals surface area contributed by atoms with Crippen molar-refractivity contribution < 1.29 is 9.53 Å². The summed E-state index contributed by atoms with van der Waals surface area (Å²) < 4.78 is 5.96. The number of hydrogen-bond donors (Lipinski definition) is 2. The summed E-state index contributed by atoms with van der Waals surface area (Å²) >= 11 is 3.39. The molecular weight excluding hydrogens is 296 g/mol. The van der Waals surface area contributed by atoms with Crippen LogP contribution in [0.25, 0.3) is 0 Å². The number of benzene rings is 1. The van der Waals surface area contributed by atoms with Crippen LogP contribution in [-0.4, -0.2) is 19.1 Å². The molecule has 0 saturated heterocycles. The Balaban J connectivity index is 2.05. The van der Waals surface area contributed by atoms with E-state index in [9.17, 15) is 4.79 Å². The van der Waals surface area contributed by atoms with Gasteiger partial charge in [0.1, 0.15) is 5.75 Å². The Kier molecular flexibility index (Phi) is 4.24. The van der Waals surface area contributed by atoms with Crippen molar-refractivity contribution in [2.24, 2.45) is 11.7 Å². The second-order valence-electron chi connectivity index (χ2n) is 4.54. The normalized spacial score (nSPS) is 22.8. The van der Waals surface area contributed by atoms with E-state index in [2.05, 4.69) is 21.2 Å². The van der Waals surface area contributed by atoms with Crippen LogP contribution in [0.4, 0.5) is 5.69 Å². The Morgan fingerprint density at radius 2 is 2.28 bits per heavy atom. The second-order valence-corrected chi connectivity index (χ2v) is 5.39. The van der Waals surface area contributed by atoms with Crippen molar-refractivity contribution in [3.8, 4) is 5.75 Å². The van der Waals surface area contributed by atoms with Crippen LogP contribution < -0.4 is 15.8 Å². The van der Waals surface area contributed by atoms with Crippen molar-refractivity contribution in [3.63, 3.8) is 0 Å². The van der Waals surface area contributed by atoms with Gasteiger partial charge in [0.05, 0.1) is 17.5 Å². The molecule has 98 valence electrons. The molecule has 0 aliphatic heterocycles. The molecule has 1 amide bonds. The minimum absolute atomic E-state index is 0.00770. The van der Waals surface area contributed by atoms with Crippen molar-refractivity contribution in [1.82, 2.24) is 0 Å². The van der Waals surface area contributed by atoms with Gasteiger partial charge in [-0.3, -0.25) is 4.79 Å². The first-order valence-electron chi connectivity index (χ1n) is 6.02. The lowest BCUT2D eigenvalue weighted by Crippen LogP contribution is -2.34. The van der Waals surface area contributed by atoms with Crippen molar-refractivity contribution in [2.45, 2.75) is 25.3 Å². The van der Waals surface area contributed by atoms with Crippen LogP contribution in [0.5, 0.6) is 5.75 Å². The van der Waals surface area contributed by atoms with Crippen molar-refractivity contribution in [1.29, 1.82) is 0 Å². The van der Waals surface area contributed by atoms with Gasteiger partial charge in [-0.1, -0.05) is 6.42 Å². The molecule has 18 heavy (non-hydrogen) atoms. The largest absolute Gasteiger partial charge is 0.496 e. The lowest BCUT2D eigenvalue weighted by atomic mass is 10.0. The molecule has 0 spiro atoms. The number of nitrogens with two attached hydrogens (primary N) is 1. The number of carbonyl (C=O) groups excluding carboxylic acids is 1. The summed E-state index contributed by atoms with van der Waals surface area (Å²) in [5.74, 6) is 0.688. The first kappa shape index (κ1) is 13.4. The average Bonchev–Trinajstić information content (AvgIpc) is 2.76. The third-order valence-corrected chi connectivity index (χ3v) is 3.95. The monoisotopic (exact) mass is 312 g/mol. The van der Waals surface area contributed by atoms with Crippen molar-refractivity contribution >= 4 is 27.5 Å². The summed E-state index contributed by atoms with van der Waals surface area (Å²) in [5.41, 5.74) is 6.68. The van der Waals surface area contributed by atoms with E-state index in [1.807, 2.05) is 18.2 Å². The summed E-state index contributed by atoms with van der Waals surface area (Å²) in [5, 5.41) is 2.90. The molecule has 3 N–H and O–H groups in total. The zero-order valence-corrected chi connectivity index (χ0v) is 11.9. The van der Waals surface area contributed by atoms with Crippen LogP contribution in [0.2, 0.25) is 0 Å². The van der Waals surface area contributed by atoms with Gasteiger partial charge in [0.25, 0.3) is 0 Å². The van der Waals surface area contributed by atoms with Gasteiger partial charge >= 0.3 is 0 Å². The fourth-order valence-electron chi connectivity index (χ4n) is 2.29. The van der Waals surface area contributed by atoms with Crippen LogP contribution in [0, 0.1) is 5.92 Å². The second kappa shape index (κ2) is 5.71. The number of methoxy groups -OCH3 is 1. The Labute approximate surface area is 115 Å². The van der Waals surface area contributed by atoms with Gasteiger partial charge in [0, 0.05) is 11.7 Å². The first-order valence-corrected chi connectivity index (χ1v) is 6.81. The van der Waals surface area contributed by atoms with Crippen LogP contribution in [-0.2, 0) is 4.79 Å². The molecule has 0 bridgehead atoms. The third kappa shape index (κ3) is 2.84. The van der Waals surface area contributed by atoms with E-state index in [0.717, 1.165) is 35.2 Å². The summed E-state index contributed by atoms with van der Waals surface area (Å²) in [6.45, 7) is 0. The van der Waals surface area contributed by atoms with E-state index in [1.165, 1.54) is 0 Å². The van der Waals surface area contributed by atoms with Gasteiger partial charge in [0.2, 0.25) is 5.91 Å². The molecule has 1 aromatic rings. The van der Waals surface area contributed by atoms with Gasteiger partial charge in [-0.05, 0) is 47.0 Å². The van der Waals surface area contributed by atoms with Crippen LogP contribution >= 0.6 is 15.9 Å². The minimum atomic E-state index is -0.0640. The maximum Gasteiger partial charge on any atom is 0.229 e. The van der Waals surface area contributed by atoms with Gasteiger partial charge in [-0.15, -0.1) is 0 Å². The number of hydrogen-bond acceptors (Lipinski definition) is 3. The Morgan fingerprint density at radius 1 is 1.50 bits per heavy atom. The fraction of sp³-hybridized carbons (Fsp3) is 0.462. The van der Waals surface area contributed by atoms with Crippen LogP contribution in [0.3, 0.4) is 0 Å². The molecule has 0 aromatic heterocycles. The smallest absolute Gasteiger partial charge is 0.229 e. The van der Waals surface area contributed by atoms with E-state index in [0.29, 0.717) is 0 Å². The molecule has 2 rings (SSSR count). The highest BCUT2D eigenvalue weighted by Gasteiger charge is 2.30. The number of halogens is 1. The maximum atomic E-state index is 12.1. The highest BCUT2D eigenvalue weighted by Crippen LogP contribution is 2.29. The number of nitrogens with one attached hydrogen (secondary N) is 1. The molecule has 2 atom stereocenters. The summed E-state index contributed by atoms with van der Waals surface area (Å²) in [6.07, 6.45) is 2.85. The number of anilines is 1. The maximum absolute atomic E-state index is 12.1. The molecule has 1 aliphatic rings. The molecule has 0 radical (unpaired) electrons. The molecule has 0 heterocycles. The first-order chi connectivity index (χ1) is 8.61. The molecule has 2 unspecified atom stereocenters. The minimum Gasteiger partial charge on any atom is -0.496 e. The Bertz CT molecular complexity index is 451. The predicted molar refractivity (Wildman–Crippen MR) is 74.6 cm³/mol. The fourth-order valence-corrected chi connectivity index (χ4v) is 2.83. The van der Waals surface area contributed by atoms with Gasteiger partial charge in [-0.25, -0.2) is 0 Å². The van der Waals surface area contributed by atoms with Crippen molar-refractivity contribution in [3.05, 3.63) is 22.7 Å². The molecule has 5 heteroatoms. The van der Waals surface area contributed by atoms with Crippen molar-refractivity contribution in [2.75, 3.05) is 12.4 Å². The number of carbonyl (C=O) groups is 1. The van der Waals surface area contributed by atoms with Crippen LogP contribution in [0.15, 0.2) is 22.7 Å². The molecule has 1 aliphatic carbocycles. The zero-order chi connectivity index (χ0) is 13.1. The molecule has 1 fully saturated rings. The van der Waals surface area contributed by atoms with Gasteiger partial charge < -0.3 is 15.8 Å². The molecule has 4 nitrogen and oxygen atoms in total. The van der Waals surface area contributed by atoms with Crippen LogP contribution in [0.1, 0.15) is 19.3 Å². The van der Waals surface area contributed by atoms with E-state index >= 15 is 0 Å².